The zero-order chi connectivity index (χ0) is 18.8. The number of rotatable bonds is 5. The molecule has 0 radical (unpaired) electrons. The van der Waals surface area contributed by atoms with Crippen molar-refractivity contribution in [2.24, 2.45) is 0 Å². The Labute approximate surface area is 164 Å². The zero-order valence-electron chi connectivity index (χ0n) is 13.6. The van der Waals surface area contributed by atoms with E-state index in [1.165, 1.54) is 30.0 Å². The number of nitro groups is 1. The van der Waals surface area contributed by atoms with Gasteiger partial charge in [-0.3, -0.25) is 19.8 Å². The second-order valence-electron chi connectivity index (χ2n) is 5.46. The van der Waals surface area contributed by atoms with E-state index in [9.17, 15) is 14.9 Å². The molecule has 0 unspecified atom stereocenters. The van der Waals surface area contributed by atoms with Crippen LogP contribution in [0.3, 0.4) is 0 Å². The maximum atomic E-state index is 12.4. The highest BCUT2D eigenvalue weighted by atomic mass is 35.5. The summed E-state index contributed by atoms with van der Waals surface area (Å²) in [6, 6.07) is 7.47. The van der Waals surface area contributed by atoms with Gasteiger partial charge in [-0.05, 0) is 24.6 Å². The molecule has 0 bridgehead atoms. The Hall–Kier alpha value is -2.16. The molecule has 9 heteroatoms. The van der Waals surface area contributed by atoms with E-state index in [-0.39, 0.29) is 11.6 Å². The Bertz CT molecular complexity index is 939. The van der Waals surface area contributed by atoms with Crippen LogP contribution in [0, 0.1) is 10.1 Å². The Morgan fingerprint density at radius 2 is 2.15 bits per heavy atom. The van der Waals surface area contributed by atoms with Crippen molar-refractivity contribution >= 4 is 57.6 Å². The van der Waals surface area contributed by atoms with Crippen molar-refractivity contribution in [2.75, 3.05) is 6.54 Å². The average molecular weight is 409 g/mol. The number of carbonyl (C=O) groups is 1. The summed E-state index contributed by atoms with van der Waals surface area (Å²) in [5.74, 6) is 0.682. The van der Waals surface area contributed by atoms with E-state index < -0.39 is 4.92 Å². The number of nitrogens with zero attached hydrogens (tertiary/aromatic N) is 2. The topological polar surface area (TPSA) is 76.6 Å². The van der Waals surface area contributed by atoms with E-state index in [0.717, 1.165) is 6.42 Å². The fourth-order valence-corrected chi connectivity index (χ4v) is 3.94. The second kappa shape index (κ2) is 7.61. The zero-order valence-corrected chi connectivity index (χ0v) is 16.0. The number of halogens is 1. The van der Waals surface area contributed by atoms with Crippen LogP contribution in [-0.4, -0.2) is 26.6 Å². The van der Waals surface area contributed by atoms with E-state index in [0.29, 0.717) is 37.9 Å². The molecule has 1 aliphatic rings. The minimum absolute atomic E-state index is 0.0808. The molecule has 1 saturated heterocycles. The van der Waals surface area contributed by atoms with Gasteiger partial charge in [0, 0.05) is 30.3 Å². The molecule has 0 saturated carbocycles. The van der Waals surface area contributed by atoms with Crippen LogP contribution in [-0.2, 0) is 4.79 Å². The Kier molecular flexibility index (Phi) is 5.45. The number of thioether (sulfide) groups is 1. The Morgan fingerprint density at radius 3 is 2.85 bits per heavy atom. The van der Waals surface area contributed by atoms with Crippen LogP contribution in [0.25, 0.3) is 17.4 Å². The number of thiocarbonyl (C=S) groups is 1. The molecule has 1 aromatic heterocycles. The van der Waals surface area contributed by atoms with Gasteiger partial charge in [0.2, 0.25) is 0 Å². The van der Waals surface area contributed by atoms with Crippen LogP contribution >= 0.6 is 35.6 Å². The molecular formula is C17H13ClN2O4S2. The van der Waals surface area contributed by atoms with Crippen LogP contribution in [0.1, 0.15) is 19.1 Å². The minimum atomic E-state index is -0.497. The van der Waals surface area contributed by atoms with Gasteiger partial charge in [-0.15, -0.1) is 0 Å². The van der Waals surface area contributed by atoms with Gasteiger partial charge in [0.05, 0.1) is 14.9 Å². The lowest BCUT2D eigenvalue weighted by Gasteiger charge is -2.11. The molecule has 2 aromatic rings. The quantitative estimate of drug-likeness (QED) is 0.296. The summed E-state index contributed by atoms with van der Waals surface area (Å²) in [6.45, 7) is 2.55. The second-order valence-corrected chi connectivity index (χ2v) is 7.54. The highest BCUT2D eigenvalue weighted by molar-refractivity contribution is 8.26. The monoisotopic (exact) mass is 408 g/mol. The predicted molar refractivity (Wildman–Crippen MR) is 106 cm³/mol. The van der Waals surface area contributed by atoms with Gasteiger partial charge >= 0.3 is 0 Å². The Morgan fingerprint density at radius 1 is 1.38 bits per heavy atom. The number of carbonyl (C=O) groups excluding carboxylic acids is 1. The molecule has 0 aliphatic carbocycles. The number of nitro benzene ring substituents is 1. The van der Waals surface area contributed by atoms with Crippen molar-refractivity contribution in [1.29, 1.82) is 0 Å². The highest BCUT2D eigenvalue weighted by Crippen LogP contribution is 2.35. The largest absolute Gasteiger partial charge is 0.457 e. The maximum absolute atomic E-state index is 12.4. The lowest BCUT2D eigenvalue weighted by Crippen LogP contribution is -2.28. The first-order chi connectivity index (χ1) is 12.4. The van der Waals surface area contributed by atoms with Crippen LogP contribution < -0.4 is 0 Å². The number of hydrogen-bond donors (Lipinski definition) is 0. The molecule has 1 amide bonds. The maximum Gasteiger partial charge on any atom is 0.270 e. The molecule has 2 heterocycles. The van der Waals surface area contributed by atoms with Crippen LogP contribution in [0.2, 0.25) is 5.02 Å². The van der Waals surface area contributed by atoms with Gasteiger partial charge < -0.3 is 4.42 Å². The van der Waals surface area contributed by atoms with E-state index in [2.05, 4.69) is 0 Å². The minimum Gasteiger partial charge on any atom is -0.457 e. The molecular weight excluding hydrogens is 396 g/mol. The first-order valence-corrected chi connectivity index (χ1v) is 9.30. The number of non-ortho nitro benzene ring substituents is 1. The molecule has 1 aromatic carbocycles. The lowest BCUT2D eigenvalue weighted by atomic mass is 10.1. The summed E-state index contributed by atoms with van der Waals surface area (Å²) < 4.78 is 6.24. The van der Waals surface area contributed by atoms with Crippen LogP contribution in [0.15, 0.2) is 39.7 Å². The predicted octanol–water partition coefficient (Wildman–Crippen LogP) is 5.12. The van der Waals surface area contributed by atoms with E-state index in [4.69, 9.17) is 28.2 Å². The van der Waals surface area contributed by atoms with Gasteiger partial charge in [-0.25, -0.2) is 0 Å². The van der Waals surface area contributed by atoms with Crippen molar-refractivity contribution in [2.45, 2.75) is 13.3 Å². The van der Waals surface area contributed by atoms with E-state index >= 15 is 0 Å². The third-order valence-corrected chi connectivity index (χ3v) is 5.35. The number of benzene rings is 1. The van der Waals surface area contributed by atoms with Crippen molar-refractivity contribution in [3.8, 4) is 11.3 Å². The standard InChI is InChI=1S/C17H13ClN2O4S2/c1-2-7-19-16(21)15(26-17(19)25)9-11-4-6-14(24-11)12-8-10(20(22)23)3-5-13(12)18/h3-6,8-9H,2,7H2,1H3/b15-9+. The summed E-state index contributed by atoms with van der Waals surface area (Å²) in [5, 5.41) is 11.3. The third kappa shape index (κ3) is 3.67. The van der Waals surface area contributed by atoms with Gasteiger partial charge in [-0.2, -0.15) is 0 Å². The summed E-state index contributed by atoms with van der Waals surface area (Å²) in [7, 11) is 0. The van der Waals surface area contributed by atoms with Gasteiger partial charge in [0.25, 0.3) is 11.6 Å². The van der Waals surface area contributed by atoms with Crippen molar-refractivity contribution in [1.82, 2.24) is 4.90 Å². The molecule has 134 valence electrons. The first kappa shape index (κ1) is 18.6. The van der Waals surface area contributed by atoms with Crippen molar-refractivity contribution < 1.29 is 14.1 Å². The molecule has 0 atom stereocenters. The molecule has 6 nitrogen and oxygen atoms in total. The summed E-state index contributed by atoms with van der Waals surface area (Å²) in [5.41, 5.74) is 0.335. The van der Waals surface area contributed by atoms with Crippen LogP contribution in [0.5, 0.6) is 0 Å². The first-order valence-electron chi connectivity index (χ1n) is 7.70. The lowest BCUT2D eigenvalue weighted by molar-refractivity contribution is -0.384. The fraction of sp³-hybridized carbons (Fsp3) is 0.176. The average Bonchev–Trinajstić information content (AvgIpc) is 3.16. The molecule has 26 heavy (non-hydrogen) atoms. The fourth-order valence-electron chi connectivity index (χ4n) is 2.44. The van der Waals surface area contributed by atoms with Crippen LogP contribution in [0.4, 0.5) is 5.69 Å². The van der Waals surface area contributed by atoms with Gasteiger partial charge in [0.15, 0.2) is 0 Å². The SMILES string of the molecule is CCCN1C(=O)/C(=C\c2ccc(-c3cc([N+](=O)[O-])ccc3Cl)o2)SC1=S. The van der Waals surface area contributed by atoms with Gasteiger partial charge in [-0.1, -0.05) is 42.5 Å². The number of furan rings is 1. The molecule has 0 N–H and O–H groups in total. The molecule has 3 rings (SSSR count). The highest BCUT2D eigenvalue weighted by Gasteiger charge is 2.31. The Balaban J connectivity index is 1.90. The van der Waals surface area contributed by atoms with E-state index in [1.54, 1.807) is 23.1 Å². The summed E-state index contributed by atoms with van der Waals surface area (Å²) in [4.78, 5) is 24.9. The summed E-state index contributed by atoms with van der Waals surface area (Å²) >= 11 is 12.6. The third-order valence-electron chi connectivity index (χ3n) is 3.65. The number of amides is 1. The normalized spacial score (nSPS) is 15.9. The van der Waals surface area contributed by atoms with Gasteiger partial charge in [0.1, 0.15) is 15.8 Å². The molecule has 1 aliphatic heterocycles. The molecule has 1 fully saturated rings. The molecule has 0 spiro atoms. The van der Waals surface area contributed by atoms with Crippen molar-refractivity contribution in [3.05, 3.63) is 56.1 Å². The van der Waals surface area contributed by atoms with E-state index in [1.807, 2.05) is 6.92 Å². The summed E-state index contributed by atoms with van der Waals surface area (Å²) in [6.07, 6.45) is 2.43. The smallest absolute Gasteiger partial charge is 0.270 e. The van der Waals surface area contributed by atoms with Crippen molar-refractivity contribution in [3.63, 3.8) is 0 Å². The number of hydrogen-bond acceptors (Lipinski definition) is 6.